The molecule has 0 amide bonds. The molecule has 0 aliphatic rings. The van der Waals surface area contributed by atoms with Gasteiger partial charge in [0.05, 0.1) is 0 Å². The van der Waals surface area contributed by atoms with Crippen molar-refractivity contribution in [3.63, 3.8) is 0 Å². The number of phenols is 1. The van der Waals surface area contributed by atoms with Crippen LogP contribution < -0.4 is 11.5 Å². The first-order chi connectivity index (χ1) is 6.54. The van der Waals surface area contributed by atoms with E-state index in [1.54, 1.807) is 0 Å². The molecule has 3 heteroatoms. The summed E-state index contributed by atoms with van der Waals surface area (Å²) < 4.78 is 0. The molecule has 0 unspecified atom stereocenters. The van der Waals surface area contributed by atoms with Gasteiger partial charge in [0.2, 0.25) is 0 Å². The zero-order valence-corrected chi connectivity index (χ0v) is 9.02. The molecule has 1 aromatic rings. The van der Waals surface area contributed by atoms with Crippen molar-refractivity contribution in [3.05, 3.63) is 16.7 Å². The summed E-state index contributed by atoms with van der Waals surface area (Å²) in [6, 6.07) is 0. The predicted molar refractivity (Wildman–Crippen MR) is 60.4 cm³/mol. The smallest absolute Gasteiger partial charge is 0.125 e. The van der Waals surface area contributed by atoms with Crippen LogP contribution in [0, 0.1) is 6.92 Å². The van der Waals surface area contributed by atoms with Gasteiger partial charge in [-0.05, 0) is 25.3 Å². The molecular formula is C11H18N2O. The lowest BCUT2D eigenvalue weighted by Gasteiger charge is -2.16. The minimum atomic E-state index is 0.250. The molecule has 0 aliphatic heterocycles. The van der Waals surface area contributed by atoms with E-state index in [1.165, 1.54) is 0 Å². The Morgan fingerprint density at radius 3 is 1.93 bits per heavy atom. The van der Waals surface area contributed by atoms with E-state index in [1.807, 2.05) is 20.8 Å². The number of nitrogen functional groups attached to an aromatic ring is 2. The number of phenolic OH excluding ortho intramolecular Hbond substituents is 1. The van der Waals surface area contributed by atoms with Gasteiger partial charge in [-0.2, -0.15) is 0 Å². The zero-order chi connectivity index (χ0) is 10.9. The lowest BCUT2D eigenvalue weighted by molar-refractivity contribution is 0.465. The fraction of sp³-hybridized carbons (Fsp3) is 0.455. The van der Waals surface area contributed by atoms with E-state index in [9.17, 15) is 5.11 Å². The van der Waals surface area contributed by atoms with Gasteiger partial charge in [-0.25, -0.2) is 0 Å². The Morgan fingerprint density at radius 2 is 1.50 bits per heavy atom. The Balaban J connectivity index is 3.56. The molecule has 0 saturated heterocycles. The van der Waals surface area contributed by atoms with Gasteiger partial charge in [-0.15, -0.1) is 0 Å². The fourth-order valence-corrected chi connectivity index (χ4v) is 1.77. The quantitative estimate of drug-likeness (QED) is 0.630. The summed E-state index contributed by atoms with van der Waals surface area (Å²) in [6.45, 7) is 5.81. The summed E-state index contributed by atoms with van der Waals surface area (Å²) >= 11 is 0. The second-order valence-electron chi connectivity index (χ2n) is 3.47. The van der Waals surface area contributed by atoms with Gasteiger partial charge < -0.3 is 16.6 Å². The summed E-state index contributed by atoms with van der Waals surface area (Å²) in [7, 11) is 0. The van der Waals surface area contributed by atoms with Crippen LogP contribution in [0.3, 0.4) is 0 Å². The monoisotopic (exact) mass is 194 g/mol. The molecule has 14 heavy (non-hydrogen) atoms. The van der Waals surface area contributed by atoms with Crippen LogP contribution >= 0.6 is 0 Å². The summed E-state index contributed by atoms with van der Waals surface area (Å²) in [6.07, 6.45) is 1.53. The van der Waals surface area contributed by atoms with Crippen LogP contribution in [0.1, 0.15) is 30.5 Å². The standard InChI is InChI=1S/C11H18N2O/c1-4-7-9(12)6(3)11(14)8(5-2)10(7)13/h14H,4-5,12-13H2,1-3H3. The molecule has 5 N–H and O–H groups in total. The second kappa shape index (κ2) is 3.78. The number of benzene rings is 1. The third kappa shape index (κ3) is 1.39. The third-order valence-corrected chi connectivity index (χ3v) is 2.73. The average Bonchev–Trinajstić information content (AvgIpc) is 2.16. The molecule has 0 saturated carbocycles. The number of hydrogen-bond donors (Lipinski definition) is 3. The van der Waals surface area contributed by atoms with Gasteiger partial charge in [-0.1, -0.05) is 13.8 Å². The maximum atomic E-state index is 9.82. The van der Waals surface area contributed by atoms with Crippen molar-refractivity contribution in [2.45, 2.75) is 33.6 Å². The lowest BCUT2D eigenvalue weighted by Crippen LogP contribution is -2.05. The Hall–Kier alpha value is -1.38. The molecule has 0 spiro atoms. The first kappa shape index (κ1) is 10.7. The van der Waals surface area contributed by atoms with E-state index in [-0.39, 0.29) is 5.75 Å². The van der Waals surface area contributed by atoms with Crippen LogP contribution in [-0.2, 0) is 12.8 Å². The summed E-state index contributed by atoms with van der Waals surface area (Å²) in [4.78, 5) is 0. The molecule has 0 atom stereocenters. The van der Waals surface area contributed by atoms with Crippen molar-refractivity contribution >= 4 is 11.4 Å². The molecule has 1 rings (SSSR count). The van der Waals surface area contributed by atoms with Gasteiger partial charge in [0, 0.05) is 22.5 Å². The maximum Gasteiger partial charge on any atom is 0.125 e. The number of rotatable bonds is 2. The van der Waals surface area contributed by atoms with Gasteiger partial charge >= 0.3 is 0 Å². The first-order valence-electron chi connectivity index (χ1n) is 4.92. The minimum Gasteiger partial charge on any atom is -0.507 e. The van der Waals surface area contributed by atoms with Crippen molar-refractivity contribution in [2.75, 3.05) is 11.5 Å². The van der Waals surface area contributed by atoms with Crippen LogP contribution in [0.15, 0.2) is 0 Å². The van der Waals surface area contributed by atoms with Gasteiger partial charge in [0.15, 0.2) is 0 Å². The molecule has 78 valence electrons. The molecule has 0 aliphatic carbocycles. The van der Waals surface area contributed by atoms with Crippen molar-refractivity contribution in [3.8, 4) is 5.75 Å². The number of aromatic hydroxyl groups is 1. The Kier molecular flexibility index (Phi) is 2.89. The molecule has 0 radical (unpaired) electrons. The SMILES string of the molecule is CCc1c(N)c(C)c(O)c(CC)c1N. The van der Waals surface area contributed by atoms with Crippen molar-refractivity contribution in [2.24, 2.45) is 0 Å². The zero-order valence-electron chi connectivity index (χ0n) is 9.02. The van der Waals surface area contributed by atoms with E-state index < -0.39 is 0 Å². The fourth-order valence-electron chi connectivity index (χ4n) is 1.77. The number of nitrogens with two attached hydrogens (primary N) is 2. The number of hydrogen-bond acceptors (Lipinski definition) is 3. The molecule has 0 heterocycles. The molecular weight excluding hydrogens is 176 g/mol. The highest BCUT2D eigenvalue weighted by Crippen LogP contribution is 2.36. The van der Waals surface area contributed by atoms with Crippen molar-refractivity contribution < 1.29 is 5.11 Å². The van der Waals surface area contributed by atoms with E-state index in [2.05, 4.69) is 0 Å². The normalized spacial score (nSPS) is 10.5. The van der Waals surface area contributed by atoms with Crippen molar-refractivity contribution in [1.82, 2.24) is 0 Å². The Bertz CT molecular complexity index is 328. The van der Waals surface area contributed by atoms with Crippen LogP contribution in [0.4, 0.5) is 11.4 Å². The first-order valence-corrected chi connectivity index (χ1v) is 4.92. The van der Waals surface area contributed by atoms with E-state index in [4.69, 9.17) is 11.5 Å². The summed E-state index contributed by atoms with van der Waals surface area (Å²) in [5.74, 6) is 0.250. The minimum absolute atomic E-state index is 0.250. The van der Waals surface area contributed by atoms with Gasteiger partial charge in [0.1, 0.15) is 5.75 Å². The van der Waals surface area contributed by atoms with E-state index in [0.717, 1.165) is 29.5 Å². The Morgan fingerprint density at radius 1 is 1.00 bits per heavy atom. The van der Waals surface area contributed by atoms with Crippen LogP contribution in [0.25, 0.3) is 0 Å². The largest absolute Gasteiger partial charge is 0.507 e. The van der Waals surface area contributed by atoms with Gasteiger partial charge in [0.25, 0.3) is 0 Å². The van der Waals surface area contributed by atoms with Gasteiger partial charge in [-0.3, -0.25) is 0 Å². The summed E-state index contributed by atoms with van der Waals surface area (Å²) in [5.41, 5.74) is 15.6. The molecule has 0 fully saturated rings. The maximum absolute atomic E-state index is 9.82. The van der Waals surface area contributed by atoms with E-state index in [0.29, 0.717) is 11.4 Å². The molecule has 3 nitrogen and oxygen atoms in total. The topological polar surface area (TPSA) is 72.3 Å². The molecule has 0 aromatic heterocycles. The molecule has 1 aromatic carbocycles. The Labute approximate surface area is 84.7 Å². The van der Waals surface area contributed by atoms with E-state index >= 15 is 0 Å². The van der Waals surface area contributed by atoms with Crippen molar-refractivity contribution in [1.29, 1.82) is 0 Å². The van der Waals surface area contributed by atoms with Crippen LogP contribution in [0.2, 0.25) is 0 Å². The highest BCUT2D eigenvalue weighted by Gasteiger charge is 2.15. The molecule has 0 bridgehead atoms. The highest BCUT2D eigenvalue weighted by atomic mass is 16.3. The summed E-state index contributed by atoms with van der Waals surface area (Å²) in [5, 5.41) is 9.82. The average molecular weight is 194 g/mol. The predicted octanol–water partition coefficient (Wildman–Crippen LogP) is 1.99. The number of anilines is 2. The highest BCUT2D eigenvalue weighted by molar-refractivity contribution is 5.73. The third-order valence-electron chi connectivity index (χ3n) is 2.73. The van der Waals surface area contributed by atoms with Crippen LogP contribution in [0.5, 0.6) is 5.75 Å². The lowest BCUT2D eigenvalue weighted by atomic mass is 9.96. The van der Waals surface area contributed by atoms with Crippen LogP contribution in [-0.4, -0.2) is 5.11 Å². The second-order valence-corrected chi connectivity index (χ2v) is 3.47.